The molecule has 26 heavy (non-hydrogen) atoms. The summed E-state index contributed by atoms with van der Waals surface area (Å²) in [5.74, 6) is -1.78. The molecular weight excluding hydrogens is 401 g/mol. The highest BCUT2D eigenvalue weighted by Gasteiger charge is 2.22. The molecule has 0 aliphatic heterocycles. The second kappa shape index (κ2) is 8.94. The molecule has 0 radical (unpaired) electrons. The highest BCUT2D eigenvalue weighted by atomic mass is 79.9. The molecule has 6 heteroatoms. The van der Waals surface area contributed by atoms with Crippen LogP contribution in [0.15, 0.2) is 46.9 Å². The van der Waals surface area contributed by atoms with Crippen LogP contribution in [0.3, 0.4) is 0 Å². The van der Waals surface area contributed by atoms with E-state index in [1.807, 2.05) is 24.3 Å². The Bertz CT molecular complexity index is 809. The Morgan fingerprint density at radius 2 is 1.88 bits per heavy atom. The molecule has 0 aliphatic carbocycles. The first-order chi connectivity index (χ1) is 12.3. The summed E-state index contributed by atoms with van der Waals surface area (Å²) in [6.45, 7) is 5.60. The van der Waals surface area contributed by atoms with Gasteiger partial charge in [-0.05, 0) is 49.1 Å². The minimum atomic E-state index is -1.06. The number of hydrogen-bond acceptors (Lipinski definition) is 3. The van der Waals surface area contributed by atoms with E-state index in [1.54, 1.807) is 0 Å². The fourth-order valence-electron chi connectivity index (χ4n) is 2.43. The highest BCUT2D eigenvalue weighted by molar-refractivity contribution is 9.10. The van der Waals surface area contributed by atoms with Gasteiger partial charge in [0, 0.05) is 10.2 Å². The van der Waals surface area contributed by atoms with Gasteiger partial charge in [0.2, 0.25) is 0 Å². The highest BCUT2D eigenvalue weighted by Crippen LogP contribution is 2.26. The van der Waals surface area contributed by atoms with Crippen molar-refractivity contribution in [3.05, 3.63) is 63.9 Å². The molecule has 0 aliphatic rings. The third-order valence-corrected chi connectivity index (χ3v) is 4.66. The maximum atomic E-state index is 13.8. The summed E-state index contributed by atoms with van der Waals surface area (Å²) >= 11 is 3.18. The topological polar surface area (TPSA) is 55.4 Å². The number of carbonyl (C=O) groups is 2. The number of amides is 1. The van der Waals surface area contributed by atoms with Gasteiger partial charge in [0.1, 0.15) is 5.82 Å². The van der Waals surface area contributed by atoms with E-state index in [2.05, 4.69) is 35.1 Å². The number of carbonyl (C=O) groups excluding carboxylic acids is 2. The van der Waals surface area contributed by atoms with Crippen molar-refractivity contribution in [2.24, 2.45) is 0 Å². The van der Waals surface area contributed by atoms with Gasteiger partial charge in [-0.2, -0.15) is 0 Å². The van der Waals surface area contributed by atoms with Crippen molar-refractivity contribution in [3.8, 4) is 0 Å². The Morgan fingerprint density at radius 3 is 2.58 bits per heavy atom. The number of halogens is 2. The summed E-state index contributed by atoms with van der Waals surface area (Å²) in [6, 6.07) is 11.5. The maximum Gasteiger partial charge on any atom is 0.341 e. The number of esters is 1. The lowest BCUT2D eigenvalue weighted by Crippen LogP contribution is -2.30. The van der Waals surface area contributed by atoms with Gasteiger partial charge in [-0.1, -0.05) is 48.0 Å². The molecule has 2 rings (SSSR count). The molecule has 0 heterocycles. The summed E-state index contributed by atoms with van der Waals surface area (Å²) in [6.07, 6.45) is -0.134. The van der Waals surface area contributed by atoms with Gasteiger partial charge < -0.3 is 10.1 Å². The first-order valence-corrected chi connectivity index (χ1v) is 9.18. The summed E-state index contributed by atoms with van der Waals surface area (Å²) in [5, 5.41) is 2.79. The lowest BCUT2D eigenvalue weighted by atomic mass is 9.97. The zero-order valence-corrected chi connectivity index (χ0v) is 16.5. The minimum absolute atomic E-state index is 0.223. The van der Waals surface area contributed by atoms with E-state index in [9.17, 15) is 14.0 Å². The normalized spacial score (nSPS) is 13.0. The maximum absolute atomic E-state index is 13.8. The monoisotopic (exact) mass is 421 g/mol. The van der Waals surface area contributed by atoms with E-state index in [0.717, 1.165) is 18.1 Å². The average molecular weight is 422 g/mol. The third-order valence-electron chi connectivity index (χ3n) is 4.16. The zero-order valence-electron chi connectivity index (χ0n) is 14.9. The van der Waals surface area contributed by atoms with Crippen LogP contribution in [0.2, 0.25) is 0 Å². The molecule has 2 atom stereocenters. The van der Waals surface area contributed by atoms with Crippen LogP contribution in [-0.4, -0.2) is 18.0 Å². The van der Waals surface area contributed by atoms with Crippen LogP contribution >= 0.6 is 15.9 Å². The van der Waals surface area contributed by atoms with Crippen molar-refractivity contribution < 1.29 is 18.7 Å². The predicted octanol–water partition coefficient (Wildman–Crippen LogP) is 5.29. The van der Waals surface area contributed by atoms with Crippen LogP contribution in [0.25, 0.3) is 0 Å². The molecule has 4 nitrogen and oxygen atoms in total. The van der Waals surface area contributed by atoms with E-state index in [0.29, 0.717) is 10.2 Å². The molecular formula is C20H21BrFNO3. The summed E-state index contributed by atoms with van der Waals surface area (Å²) in [4.78, 5) is 24.5. The van der Waals surface area contributed by atoms with Crippen molar-refractivity contribution in [2.45, 2.75) is 39.2 Å². The molecule has 1 amide bonds. The number of ether oxygens (including phenoxy) is 1. The van der Waals surface area contributed by atoms with Crippen molar-refractivity contribution >= 4 is 33.5 Å². The number of anilines is 1. The zero-order chi connectivity index (χ0) is 19.3. The van der Waals surface area contributed by atoms with Crippen LogP contribution in [-0.2, 0) is 9.53 Å². The standard InChI is InChI=1S/C20H21BrFNO3/c1-4-12(2)15-7-5-6-8-18(15)23-19(24)13(3)26-20(25)16-11-14(21)9-10-17(16)22/h5-13H,4H2,1-3H3,(H,23,24). The number of rotatable bonds is 6. The van der Waals surface area contributed by atoms with Crippen LogP contribution in [0.1, 0.15) is 49.0 Å². The quantitative estimate of drug-likeness (QED) is 0.644. The second-order valence-electron chi connectivity index (χ2n) is 6.06. The van der Waals surface area contributed by atoms with E-state index >= 15 is 0 Å². The van der Waals surface area contributed by atoms with Gasteiger partial charge in [-0.3, -0.25) is 4.79 Å². The van der Waals surface area contributed by atoms with Crippen molar-refractivity contribution in [3.63, 3.8) is 0 Å². The fraction of sp³-hybridized carbons (Fsp3) is 0.300. The molecule has 0 spiro atoms. The first-order valence-electron chi connectivity index (χ1n) is 8.39. The van der Waals surface area contributed by atoms with E-state index < -0.39 is 23.8 Å². The molecule has 0 bridgehead atoms. The molecule has 138 valence electrons. The van der Waals surface area contributed by atoms with Gasteiger partial charge in [-0.25, -0.2) is 9.18 Å². The van der Waals surface area contributed by atoms with Crippen LogP contribution in [0.5, 0.6) is 0 Å². The molecule has 0 aromatic heterocycles. The molecule has 0 saturated carbocycles. The first kappa shape index (κ1) is 20.1. The van der Waals surface area contributed by atoms with Gasteiger partial charge in [0.05, 0.1) is 5.56 Å². The van der Waals surface area contributed by atoms with Gasteiger partial charge >= 0.3 is 5.97 Å². The number of benzene rings is 2. The van der Waals surface area contributed by atoms with Crippen LogP contribution in [0.4, 0.5) is 10.1 Å². The van der Waals surface area contributed by atoms with Gasteiger partial charge in [-0.15, -0.1) is 0 Å². The van der Waals surface area contributed by atoms with Gasteiger partial charge in [0.15, 0.2) is 6.10 Å². The van der Waals surface area contributed by atoms with Crippen molar-refractivity contribution in [1.29, 1.82) is 0 Å². The van der Waals surface area contributed by atoms with E-state index in [-0.39, 0.29) is 11.5 Å². The predicted molar refractivity (Wildman–Crippen MR) is 103 cm³/mol. The third kappa shape index (κ3) is 4.91. The Labute approximate surface area is 160 Å². The summed E-state index contributed by atoms with van der Waals surface area (Å²) < 4.78 is 19.4. The average Bonchev–Trinajstić information content (AvgIpc) is 2.63. The summed E-state index contributed by atoms with van der Waals surface area (Å²) in [7, 11) is 0. The lowest BCUT2D eigenvalue weighted by molar-refractivity contribution is -0.123. The van der Waals surface area contributed by atoms with Crippen LogP contribution in [0, 0.1) is 5.82 Å². The Kier molecular flexibility index (Phi) is 6.91. The SMILES string of the molecule is CCC(C)c1ccccc1NC(=O)C(C)OC(=O)c1cc(Br)ccc1F. The van der Waals surface area contributed by atoms with E-state index in [4.69, 9.17) is 4.74 Å². The number of para-hydroxylation sites is 1. The molecule has 1 N–H and O–H groups in total. The number of nitrogens with one attached hydrogen (secondary N) is 1. The smallest absolute Gasteiger partial charge is 0.341 e. The largest absolute Gasteiger partial charge is 0.449 e. The molecule has 0 saturated heterocycles. The number of hydrogen-bond donors (Lipinski definition) is 1. The minimum Gasteiger partial charge on any atom is -0.449 e. The van der Waals surface area contributed by atoms with Crippen molar-refractivity contribution in [1.82, 2.24) is 0 Å². The van der Waals surface area contributed by atoms with E-state index in [1.165, 1.54) is 19.1 Å². The van der Waals surface area contributed by atoms with Gasteiger partial charge in [0.25, 0.3) is 5.91 Å². The Morgan fingerprint density at radius 1 is 1.19 bits per heavy atom. The molecule has 0 fully saturated rings. The fourth-order valence-corrected chi connectivity index (χ4v) is 2.79. The Balaban J connectivity index is 2.09. The van der Waals surface area contributed by atoms with Crippen LogP contribution < -0.4 is 5.32 Å². The summed E-state index contributed by atoms with van der Waals surface area (Å²) in [5.41, 5.74) is 1.47. The van der Waals surface area contributed by atoms with Crippen molar-refractivity contribution in [2.75, 3.05) is 5.32 Å². The molecule has 2 aromatic rings. The Hall–Kier alpha value is -2.21. The molecule has 2 aromatic carbocycles. The second-order valence-corrected chi connectivity index (χ2v) is 6.97. The molecule has 2 unspecified atom stereocenters. The lowest BCUT2D eigenvalue weighted by Gasteiger charge is -2.18.